The van der Waals surface area contributed by atoms with Gasteiger partial charge in [0.25, 0.3) is 0 Å². The Morgan fingerprint density at radius 2 is 1.90 bits per heavy atom. The molecule has 2 rings (SSSR count). The number of methoxy groups -OCH3 is 1. The summed E-state index contributed by atoms with van der Waals surface area (Å²) in [6.45, 7) is 6.11. The van der Waals surface area contributed by atoms with Crippen molar-refractivity contribution in [3.05, 3.63) is 23.3 Å². The summed E-state index contributed by atoms with van der Waals surface area (Å²) in [7, 11) is 1.60. The fourth-order valence-electron chi connectivity index (χ4n) is 3.14. The van der Waals surface area contributed by atoms with E-state index in [4.69, 9.17) is 4.74 Å². The fraction of sp³-hybridized carbons (Fsp3) is 0.588. The van der Waals surface area contributed by atoms with Crippen molar-refractivity contribution in [1.82, 2.24) is 0 Å². The Kier molecular flexibility index (Phi) is 4.11. The number of rotatable bonds is 3. The molecule has 4 nitrogen and oxygen atoms in total. The van der Waals surface area contributed by atoms with Crippen LogP contribution >= 0.6 is 0 Å². The Hall–Kier alpha value is -1.80. The number of nitrogens with zero attached hydrogens (tertiary/aromatic N) is 1. The van der Waals surface area contributed by atoms with Gasteiger partial charge in [-0.2, -0.15) is 4.99 Å². The van der Waals surface area contributed by atoms with Crippen molar-refractivity contribution < 1.29 is 14.6 Å². The van der Waals surface area contributed by atoms with Crippen molar-refractivity contribution in [2.75, 3.05) is 7.11 Å². The van der Waals surface area contributed by atoms with Gasteiger partial charge in [0.05, 0.1) is 7.11 Å². The number of isocyanates is 1. The molecule has 114 valence electrons. The molecule has 1 N–H and O–H groups in total. The van der Waals surface area contributed by atoms with Crippen molar-refractivity contribution >= 4 is 6.08 Å². The monoisotopic (exact) mass is 289 g/mol. The highest BCUT2D eigenvalue weighted by Gasteiger charge is 2.39. The van der Waals surface area contributed by atoms with Gasteiger partial charge in [-0.15, -0.1) is 0 Å². The highest BCUT2D eigenvalue weighted by atomic mass is 16.5. The van der Waals surface area contributed by atoms with E-state index in [2.05, 4.69) is 4.99 Å². The van der Waals surface area contributed by atoms with E-state index in [0.717, 1.165) is 31.2 Å². The first-order chi connectivity index (χ1) is 9.84. The van der Waals surface area contributed by atoms with Crippen molar-refractivity contribution in [3.63, 3.8) is 0 Å². The number of ether oxygens (including phenoxy) is 1. The number of hydrogen-bond donors (Lipinski definition) is 1. The summed E-state index contributed by atoms with van der Waals surface area (Å²) in [6, 6.07) is 3.66. The lowest BCUT2D eigenvalue weighted by atomic mass is 9.80. The van der Waals surface area contributed by atoms with Crippen LogP contribution in [0.2, 0.25) is 0 Å². The number of hydrogen-bond acceptors (Lipinski definition) is 4. The summed E-state index contributed by atoms with van der Waals surface area (Å²) < 4.78 is 5.38. The second kappa shape index (κ2) is 5.53. The molecule has 0 bridgehead atoms. The number of phenolic OH excluding ortho intramolecular Hbond substituents is 1. The molecule has 0 unspecified atom stereocenters. The van der Waals surface area contributed by atoms with E-state index in [-0.39, 0.29) is 11.2 Å². The fourth-order valence-corrected chi connectivity index (χ4v) is 3.14. The van der Waals surface area contributed by atoms with E-state index in [1.807, 2.05) is 26.8 Å². The quantitative estimate of drug-likeness (QED) is 0.680. The van der Waals surface area contributed by atoms with Crippen LogP contribution in [0.5, 0.6) is 11.5 Å². The Labute approximate surface area is 125 Å². The minimum absolute atomic E-state index is 0.224. The van der Waals surface area contributed by atoms with E-state index in [1.54, 1.807) is 19.3 Å². The third-order valence-electron chi connectivity index (χ3n) is 4.32. The number of carbonyl (C=O) groups excluding carboxylic acids is 1. The zero-order valence-corrected chi connectivity index (χ0v) is 13.2. The predicted molar refractivity (Wildman–Crippen MR) is 81.6 cm³/mol. The predicted octanol–water partition coefficient (Wildman–Crippen LogP) is 3.80. The number of phenols is 1. The largest absolute Gasteiger partial charge is 0.507 e. The Morgan fingerprint density at radius 1 is 1.29 bits per heavy atom. The molecule has 1 saturated carbocycles. The summed E-state index contributed by atoms with van der Waals surface area (Å²) >= 11 is 0. The number of aromatic hydroxyl groups is 1. The van der Waals surface area contributed by atoms with Gasteiger partial charge in [0.15, 0.2) is 0 Å². The first kappa shape index (κ1) is 15.6. The van der Waals surface area contributed by atoms with Gasteiger partial charge in [0.2, 0.25) is 6.08 Å². The maximum atomic E-state index is 10.9. The molecule has 1 aliphatic carbocycles. The first-order valence-corrected chi connectivity index (χ1v) is 7.35. The van der Waals surface area contributed by atoms with E-state index >= 15 is 0 Å². The van der Waals surface area contributed by atoms with E-state index in [1.165, 1.54) is 0 Å². The molecule has 1 aromatic rings. The molecular weight excluding hydrogens is 266 g/mol. The van der Waals surface area contributed by atoms with Gasteiger partial charge < -0.3 is 9.84 Å². The van der Waals surface area contributed by atoms with Gasteiger partial charge in [0, 0.05) is 11.1 Å². The normalized spacial score (nSPS) is 17.3. The Morgan fingerprint density at radius 3 is 2.38 bits per heavy atom. The molecule has 0 radical (unpaired) electrons. The van der Waals surface area contributed by atoms with Crippen molar-refractivity contribution in [1.29, 1.82) is 0 Å². The van der Waals surface area contributed by atoms with Crippen LogP contribution in [0, 0.1) is 0 Å². The SMILES string of the molecule is COc1cc(C(C)(C)C)c(O)c(C2(N=C=O)CCCC2)c1. The molecule has 4 heteroatoms. The molecule has 0 heterocycles. The van der Waals surface area contributed by atoms with Gasteiger partial charge in [-0.25, -0.2) is 4.79 Å². The smallest absolute Gasteiger partial charge is 0.235 e. The minimum atomic E-state index is -0.652. The van der Waals surface area contributed by atoms with E-state index in [9.17, 15) is 9.90 Å². The highest BCUT2D eigenvalue weighted by Crippen LogP contribution is 2.49. The lowest BCUT2D eigenvalue weighted by Crippen LogP contribution is -2.21. The maximum Gasteiger partial charge on any atom is 0.235 e. The summed E-state index contributed by atoms with van der Waals surface area (Å²) in [4.78, 5) is 14.9. The maximum absolute atomic E-state index is 10.9. The molecule has 21 heavy (non-hydrogen) atoms. The van der Waals surface area contributed by atoms with Gasteiger partial charge in [-0.3, -0.25) is 0 Å². The van der Waals surface area contributed by atoms with Gasteiger partial charge >= 0.3 is 0 Å². The number of benzene rings is 1. The highest BCUT2D eigenvalue weighted by molar-refractivity contribution is 5.54. The number of aliphatic imine (C=N–C) groups is 1. The van der Waals surface area contributed by atoms with Crippen molar-refractivity contribution in [2.24, 2.45) is 4.99 Å². The van der Waals surface area contributed by atoms with Crippen LogP contribution in [0.4, 0.5) is 0 Å². The van der Waals surface area contributed by atoms with Crippen LogP contribution in [0.3, 0.4) is 0 Å². The topological polar surface area (TPSA) is 58.9 Å². The van der Waals surface area contributed by atoms with Crippen LogP contribution in [0.15, 0.2) is 17.1 Å². The van der Waals surface area contributed by atoms with Gasteiger partial charge in [-0.1, -0.05) is 33.6 Å². The summed E-state index contributed by atoms with van der Waals surface area (Å²) in [6.07, 6.45) is 5.19. The zero-order valence-electron chi connectivity index (χ0n) is 13.2. The first-order valence-electron chi connectivity index (χ1n) is 7.35. The molecule has 0 saturated heterocycles. The summed E-state index contributed by atoms with van der Waals surface area (Å²) in [5.74, 6) is 0.907. The van der Waals surface area contributed by atoms with Crippen LogP contribution in [0.1, 0.15) is 57.6 Å². The van der Waals surface area contributed by atoms with Crippen molar-refractivity contribution in [3.8, 4) is 11.5 Å². The zero-order chi connectivity index (χ0) is 15.7. The van der Waals surface area contributed by atoms with Crippen LogP contribution < -0.4 is 4.74 Å². The van der Waals surface area contributed by atoms with Gasteiger partial charge in [-0.05, 0) is 30.4 Å². The standard InChI is InChI=1S/C17H23NO3/c1-16(2,3)13-9-12(21-4)10-14(15(13)20)17(18-11-19)7-5-6-8-17/h9-10,20H,5-8H2,1-4H3. The molecule has 1 fully saturated rings. The summed E-state index contributed by atoms with van der Waals surface area (Å²) in [5.41, 5.74) is 0.621. The molecule has 0 aromatic heterocycles. The average Bonchev–Trinajstić information content (AvgIpc) is 2.87. The Balaban J connectivity index is 2.70. The average molecular weight is 289 g/mol. The third-order valence-corrected chi connectivity index (χ3v) is 4.32. The van der Waals surface area contributed by atoms with Crippen LogP contribution in [-0.2, 0) is 15.7 Å². The second-order valence-corrected chi connectivity index (χ2v) is 6.76. The Bertz CT molecular complexity index is 574. The lowest BCUT2D eigenvalue weighted by Gasteiger charge is -2.29. The van der Waals surface area contributed by atoms with Gasteiger partial charge in [0.1, 0.15) is 17.0 Å². The minimum Gasteiger partial charge on any atom is -0.507 e. The molecule has 0 spiro atoms. The molecule has 1 aliphatic rings. The van der Waals surface area contributed by atoms with E-state index < -0.39 is 5.54 Å². The molecule has 0 aliphatic heterocycles. The molecule has 1 aromatic carbocycles. The lowest BCUT2D eigenvalue weighted by molar-refractivity contribution is 0.379. The molecular formula is C17H23NO3. The molecule has 0 amide bonds. The van der Waals surface area contributed by atoms with Crippen LogP contribution in [-0.4, -0.2) is 18.3 Å². The molecule has 0 atom stereocenters. The third kappa shape index (κ3) is 2.81. The van der Waals surface area contributed by atoms with Crippen molar-refractivity contribution in [2.45, 2.75) is 57.4 Å². The summed E-state index contributed by atoms with van der Waals surface area (Å²) in [5, 5.41) is 10.8. The second-order valence-electron chi connectivity index (χ2n) is 6.76. The van der Waals surface area contributed by atoms with E-state index in [0.29, 0.717) is 11.3 Å². The van der Waals surface area contributed by atoms with Crippen LogP contribution in [0.25, 0.3) is 0 Å².